The third kappa shape index (κ3) is 3.18. The van der Waals surface area contributed by atoms with Crippen molar-refractivity contribution in [1.82, 2.24) is 18.9 Å². The van der Waals surface area contributed by atoms with Crippen LogP contribution in [0.5, 0.6) is 0 Å². The molecule has 0 saturated heterocycles. The molecule has 0 atom stereocenters. The molecule has 0 saturated carbocycles. The van der Waals surface area contributed by atoms with Gasteiger partial charge in [-0.25, -0.2) is 14.8 Å². The predicted molar refractivity (Wildman–Crippen MR) is 198 cm³/mol. The third-order valence-electron chi connectivity index (χ3n) is 10.0. The molecule has 0 unspecified atom stereocenters. The highest BCUT2D eigenvalue weighted by atomic mass is 15.1. The summed E-state index contributed by atoms with van der Waals surface area (Å²) in [5, 5.41) is 9.76. The molecular weight excluding hydrogens is 587 g/mol. The summed E-state index contributed by atoms with van der Waals surface area (Å²) in [7, 11) is 0. The summed E-state index contributed by atoms with van der Waals surface area (Å²) in [6.45, 7) is 7.52. The molecule has 0 fully saturated rings. The quantitative estimate of drug-likeness (QED) is 0.183. The van der Waals surface area contributed by atoms with Gasteiger partial charge in [-0.1, -0.05) is 103 Å². The van der Waals surface area contributed by atoms with Crippen molar-refractivity contribution in [2.24, 2.45) is 0 Å². The molecule has 11 rings (SSSR count). The first-order valence-corrected chi connectivity index (χ1v) is 16.1. The van der Waals surface area contributed by atoms with Gasteiger partial charge in [0, 0.05) is 37.9 Å². The minimum atomic E-state index is 0.595. The Labute approximate surface area is 273 Å². The molecule has 0 spiro atoms. The normalized spacial score (nSPS) is 12.1. The lowest BCUT2D eigenvalue weighted by molar-refractivity contribution is 1.08. The molecule has 220 valence electrons. The zero-order chi connectivity index (χ0) is 31.5. The Morgan fingerprint density at radius 3 is 1.96 bits per heavy atom. The summed E-state index contributed by atoms with van der Waals surface area (Å²) in [4.78, 5) is 14.3. The summed E-state index contributed by atoms with van der Waals surface area (Å²) in [6.07, 6.45) is 0. The topological polar surface area (TPSA) is 39.5 Å². The van der Waals surface area contributed by atoms with Crippen LogP contribution in [-0.4, -0.2) is 18.9 Å². The van der Waals surface area contributed by atoms with E-state index in [1.807, 2.05) is 48.5 Å². The van der Waals surface area contributed by atoms with Crippen LogP contribution < -0.4 is 0 Å². The lowest BCUT2D eigenvalue weighted by Crippen LogP contribution is -2.03. The first-order chi connectivity index (χ1) is 23.8. The second kappa shape index (κ2) is 9.16. The van der Waals surface area contributed by atoms with Crippen LogP contribution in [0.1, 0.15) is 0 Å². The van der Waals surface area contributed by atoms with E-state index in [0.29, 0.717) is 5.69 Å². The molecule has 4 heterocycles. The number of benzene rings is 7. The summed E-state index contributed by atoms with van der Waals surface area (Å²) in [5.41, 5.74) is 9.78. The zero-order valence-corrected chi connectivity index (χ0v) is 25.5. The third-order valence-corrected chi connectivity index (χ3v) is 10.0. The van der Waals surface area contributed by atoms with Crippen molar-refractivity contribution in [2.75, 3.05) is 0 Å². The van der Waals surface area contributed by atoms with E-state index < -0.39 is 0 Å². The number of rotatable bonds is 2. The van der Waals surface area contributed by atoms with Crippen molar-refractivity contribution in [3.63, 3.8) is 0 Å². The molecular formula is C43H23N5. The van der Waals surface area contributed by atoms with Gasteiger partial charge < -0.3 is 4.40 Å². The van der Waals surface area contributed by atoms with Crippen molar-refractivity contribution < 1.29 is 0 Å². The van der Waals surface area contributed by atoms with E-state index in [1.165, 1.54) is 59.6 Å². The van der Waals surface area contributed by atoms with Crippen molar-refractivity contribution in [3.8, 4) is 17.1 Å². The first kappa shape index (κ1) is 25.4. The van der Waals surface area contributed by atoms with Crippen LogP contribution in [0.25, 0.3) is 104 Å². The van der Waals surface area contributed by atoms with Crippen LogP contribution in [0.15, 0.2) is 140 Å². The maximum Gasteiger partial charge on any atom is 0.187 e. The molecule has 48 heavy (non-hydrogen) atoms. The Bertz CT molecular complexity index is 3170. The molecule has 0 N–H and O–H groups in total. The minimum absolute atomic E-state index is 0.595. The van der Waals surface area contributed by atoms with E-state index in [-0.39, 0.29) is 0 Å². The highest BCUT2D eigenvalue weighted by Gasteiger charge is 2.26. The number of fused-ring (bicyclic) bond motifs is 13. The number of aromatic nitrogens is 4. The fourth-order valence-electron chi connectivity index (χ4n) is 8.04. The van der Waals surface area contributed by atoms with Gasteiger partial charge in [0.25, 0.3) is 0 Å². The van der Waals surface area contributed by atoms with E-state index >= 15 is 0 Å². The zero-order valence-electron chi connectivity index (χ0n) is 25.5. The molecule has 11 aromatic rings. The minimum Gasteiger partial charge on any atom is -0.308 e. The van der Waals surface area contributed by atoms with Gasteiger partial charge in [0.15, 0.2) is 11.5 Å². The van der Waals surface area contributed by atoms with Gasteiger partial charge >= 0.3 is 0 Å². The average Bonchev–Trinajstić information content (AvgIpc) is 3.79. The molecule has 7 aromatic carbocycles. The Balaban J connectivity index is 1.43. The predicted octanol–water partition coefficient (Wildman–Crippen LogP) is 11.2. The number of nitrogens with zero attached hydrogens (tertiary/aromatic N) is 5. The molecule has 0 bridgehead atoms. The van der Waals surface area contributed by atoms with Crippen LogP contribution in [0.3, 0.4) is 0 Å². The van der Waals surface area contributed by atoms with Crippen LogP contribution in [-0.2, 0) is 0 Å². The van der Waals surface area contributed by atoms with E-state index in [9.17, 15) is 0 Å². The molecule has 5 heteroatoms. The Hall–Kier alpha value is -6.77. The van der Waals surface area contributed by atoms with Crippen molar-refractivity contribution in [2.45, 2.75) is 0 Å². The molecule has 0 aliphatic rings. The number of hydrogen-bond donors (Lipinski definition) is 0. The first-order valence-electron chi connectivity index (χ1n) is 16.1. The lowest BCUT2D eigenvalue weighted by Gasteiger charge is -2.14. The number of para-hydroxylation sites is 4. The van der Waals surface area contributed by atoms with Crippen LogP contribution in [0.4, 0.5) is 5.69 Å². The summed E-state index contributed by atoms with van der Waals surface area (Å²) in [6, 6.07) is 48.8. The van der Waals surface area contributed by atoms with Gasteiger partial charge in [-0.3, -0.25) is 4.57 Å². The highest BCUT2D eigenvalue weighted by Crippen LogP contribution is 2.48. The van der Waals surface area contributed by atoms with Gasteiger partial charge in [0.1, 0.15) is 5.69 Å². The average molecular weight is 610 g/mol. The van der Waals surface area contributed by atoms with Crippen LogP contribution in [0.2, 0.25) is 0 Å². The van der Waals surface area contributed by atoms with Gasteiger partial charge in [-0.05, 0) is 47.2 Å². The van der Waals surface area contributed by atoms with Crippen molar-refractivity contribution >= 4 is 87.4 Å². The largest absolute Gasteiger partial charge is 0.308 e. The van der Waals surface area contributed by atoms with Crippen molar-refractivity contribution in [3.05, 3.63) is 151 Å². The summed E-state index contributed by atoms with van der Waals surface area (Å²) >= 11 is 0. The fraction of sp³-hybridized carbons (Fsp3) is 0. The van der Waals surface area contributed by atoms with E-state index in [0.717, 1.165) is 39.1 Å². The summed E-state index contributed by atoms with van der Waals surface area (Å²) in [5.74, 6) is 0.765. The Morgan fingerprint density at radius 2 is 1.17 bits per heavy atom. The van der Waals surface area contributed by atoms with Crippen LogP contribution >= 0.6 is 0 Å². The molecule has 4 aromatic heterocycles. The second-order valence-electron chi connectivity index (χ2n) is 12.5. The number of hydrogen-bond acceptors (Lipinski definition) is 2. The van der Waals surface area contributed by atoms with E-state index in [1.54, 1.807) is 0 Å². The monoisotopic (exact) mass is 609 g/mol. The molecule has 0 amide bonds. The smallest absolute Gasteiger partial charge is 0.187 e. The van der Waals surface area contributed by atoms with Crippen molar-refractivity contribution in [1.29, 1.82) is 0 Å². The van der Waals surface area contributed by atoms with Gasteiger partial charge in [-0.2, -0.15) is 0 Å². The summed E-state index contributed by atoms with van der Waals surface area (Å²) < 4.78 is 4.78. The SMILES string of the molecule is [C-]#[N+]c1ccc(-c2nc3ccccc3nc2-n2c3ccc4ccccc4c3c3c4c5ccccc5n5c6ccccc6c(cc32)c45)cc1. The van der Waals surface area contributed by atoms with Gasteiger partial charge in [0.05, 0.1) is 45.2 Å². The highest BCUT2D eigenvalue weighted by molar-refractivity contribution is 6.38. The molecule has 0 aliphatic heterocycles. The fourth-order valence-corrected chi connectivity index (χ4v) is 8.04. The van der Waals surface area contributed by atoms with Gasteiger partial charge in [0.2, 0.25) is 0 Å². The van der Waals surface area contributed by atoms with Crippen LogP contribution in [0, 0.1) is 6.57 Å². The Morgan fingerprint density at radius 1 is 0.500 bits per heavy atom. The molecule has 5 nitrogen and oxygen atoms in total. The van der Waals surface area contributed by atoms with Gasteiger partial charge in [-0.15, -0.1) is 0 Å². The molecule has 0 radical (unpaired) electrons. The van der Waals surface area contributed by atoms with E-state index in [2.05, 4.69) is 105 Å². The standard InChI is InChI=1S/C43H23N5/c1-44-27-21-18-26(19-22-27)41-43(46-33-15-7-6-14-32(33)45-41)48-36-23-20-25-10-2-3-11-28(25)38(36)40-37(48)24-31-29-12-4-8-16-34(29)47-35-17-9-5-13-30(35)39(40)42(31)47/h2-24H. The molecule has 0 aliphatic carbocycles. The Kier molecular flexibility index (Phi) is 4.85. The van der Waals surface area contributed by atoms with E-state index in [4.69, 9.17) is 16.5 Å². The lowest BCUT2D eigenvalue weighted by atomic mass is 9.99. The maximum atomic E-state index is 7.52. The second-order valence-corrected chi connectivity index (χ2v) is 12.5. The maximum absolute atomic E-state index is 7.52.